The van der Waals surface area contributed by atoms with E-state index >= 15 is 0 Å². The molecule has 2 aromatic rings. The Balaban J connectivity index is 1.83. The van der Waals surface area contributed by atoms with Crippen molar-refractivity contribution >= 4 is 23.4 Å². The SMILES string of the molecule is Nc1cccnc1C(=O)NC1CCSc2ccccc21. The van der Waals surface area contributed by atoms with Crippen LogP contribution in [0.3, 0.4) is 0 Å². The van der Waals surface area contributed by atoms with Gasteiger partial charge in [0.2, 0.25) is 0 Å². The second-order valence-corrected chi connectivity index (χ2v) is 5.78. The lowest BCUT2D eigenvalue weighted by molar-refractivity contribution is 0.0931. The number of nitrogens with zero attached hydrogens (tertiary/aromatic N) is 1. The first-order chi connectivity index (χ1) is 9.75. The summed E-state index contributed by atoms with van der Waals surface area (Å²) in [6, 6.07) is 11.6. The first-order valence-electron chi connectivity index (χ1n) is 6.49. The molecule has 1 aromatic heterocycles. The summed E-state index contributed by atoms with van der Waals surface area (Å²) in [5.41, 5.74) is 7.67. The lowest BCUT2D eigenvalue weighted by Gasteiger charge is -2.25. The number of nitrogens with two attached hydrogens (primary N) is 1. The Bertz CT molecular complexity index is 645. The number of carbonyl (C=O) groups excluding carboxylic acids is 1. The maximum atomic E-state index is 12.3. The molecule has 0 radical (unpaired) electrons. The van der Waals surface area contributed by atoms with Crippen molar-refractivity contribution in [3.63, 3.8) is 0 Å². The lowest BCUT2D eigenvalue weighted by atomic mass is 10.0. The van der Waals surface area contributed by atoms with Crippen LogP contribution in [-0.4, -0.2) is 16.6 Å². The smallest absolute Gasteiger partial charge is 0.272 e. The first-order valence-corrected chi connectivity index (χ1v) is 7.47. The highest BCUT2D eigenvalue weighted by atomic mass is 32.2. The minimum absolute atomic E-state index is 0.0290. The van der Waals surface area contributed by atoms with Gasteiger partial charge in [0.1, 0.15) is 0 Å². The zero-order chi connectivity index (χ0) is 13.9. The number of pyridine rings is 1. The number of anilines is 1. The summed E-state index contributed by atoms with van der Waals surface area (Å²) in [6.45, 7) is 0. The number of nitrogens with one attached hydrogen (secondary N) is 1. The summed E-state index contributed by atoms with van der Waals surface area (Å²) in [5.74, 6) is 0.787. The largest absolute Gasteiger partial charge is 0.397 e. The van der Waals surface area contributed by atoms with Crippen LogP contribution in [0, 0.1) is 0 Å². The van der Waals surface area contributed by atoms with Crippen molar-refractivity contribution in [3.8, 4) is 0 Å². The molecule has 0 spiro atoms. The normalized spacial score (nSPS) is 17.3. The molecule has 102 valence electrons. The molecule has 1 amide bonds. The van der Waals surface area contributed by atoms with Gasteiger partial charge in [0, 0.05) is 16.8 Å². The first kappa shape index (κ1) is 13.0. The monoisotopic (exact) mass is 285 g/mol. The molecule has 0 fully saturated rings. The Morgan fingerprint density at radius 1 is 1.30 bits per heavy atom. The van der Waals surface area contributed by atoms with Crippen LogP contribution >= 0.6 is 11.8 Å². The summed E-state index contributed by atoms with van der Waals surface area (Å²) in [6.07, 6.45) is 2.50. The number of thioether (sulfide) groups is 1. The van der Waals surface area contributed by atoms with Gasteiger partial charge in [-0.15, -0.1) is 11.8 Å². The number of hydrogen-bond donors (Lipinski definition) is 2. The van der Waals surface area contributed by atoms with Crippen molar-refractivity contribution in [1.29, 1.82) is 0 Å². The molecule has 20 heavy (non-hydrogen) atoms. The average molecular weight is 285 g/mol. The molecule has 1 atom stereocenters. The van der Waals surface area contributed by atoms with Gasteiger partial charge < -0.3 is 11.1 Å². The molecule has 0 aliphatic carbocycles. The van der Waals surface area contributed by atoms with Crippen molar-refractivity contribution < 1.29 is 4.79 Å². The predicted molar refractivity (Wildman–Crippen MR) is 80.6 cm³/mol. The van der Waals surface area contributed by atoms with Crippen LogP contribution in [0.15, 0.2) is 47.5 Å². The van der Waals surface area contributed by atoms with Crippen LogP contribution in [0.2, 0.25) is 0 Å². The molecule has 4 nitrogen and oxygen atoms in total. The quantitative estimate of drug-likeness (QED) is 0.890. The van der Waals surface area contributed by atoms with Crippen LogP contribution in [0.5, 0.6) is 0 Å². The zero-order valence-corrected chi connectivity index (χ0v) is 11.7. The molecule has 1 aliphatic heterocycles. The van der Waals surface area contributed by atoms with Gasteiger partial charge in [-0.05, 0) is 30.2 Å². The number of rotatable bonds is 2. The van der Waals surface area contributed by atoms with Crippen LogP contribution < -0.4 is 11.1 Å². The molecule has 1 unspecified atom stereocenters. The molecule has 5 heteroatoms. The van der Waals surface area contributed by atoms with Gasteiger partial charge in [0.25, 0.3) is 5.91 Å². The fraction of sp³-hybridized carbons (Fsp3) is 0.200. The van der Waals surface area contributed by atoms with Gasteiger partial charge in [0.15, 0.2) is 5.69 Å². The van der Waals surface area contributed by atoms with Crippen molar-refractivity contribution in [2.75, 3.05) is 11.5 Å². The van der Waals surface area contributed by atoms with E-state index in [1.807, 2.05) is 23.9 Å². The van der Waals surface area contributed by atoms with Gasteiger partial charge in [0.05, 0.1) is 11.7 Å². The highest BCUT2D eigenvalue weighted by molar-refractivity contribution is 7.99. The number of hydrogen-bond acceptors (Lipinski definition) is 4. The summed E-state index contributed by atoms with van der Waals surface area (Å²) < 4.78 is 0. The summed E-state index contributed by atoms with van der Waals surface area (Å²) in [4.78, 5) is 17.6. The Hall–Kier alpha value is -2.01. The van der Waals surface area contributed by atoms with Gasteiger partial charge in [-0.3, -0.25) is 4.79 Å². The Morgan fingerprint density at radius 2 is 2.15 bits per heavy atom. The number of benzene rings is 1. The minimum atomic E-state index is -0.213. The molecule has 0 saturated carbocycles. The Labute approximate surface area is 121 Å². The van der Waals surface area contributed by atoms with E-state index in [0.29, 0.717) is 11.4 Å². The molecule has 1 aliphatic rings. The molecule has 2 heterocycles. The zero-order valence-electron chi connectivity index (χ0n) is 10.9. The average Bonchev–Trinajstić information content (AvgIpc) is 2.48. The molecule has 3 rings (SSSR count). The molecular formula is C15H15N3OS. The van der Waals surface area contributed by atoms with Gasteiger partial charge in [-0.25, -0.2) is 4.98 Å². The maximum absolute atomic E-state index is 12.3. The third kappa shape index (κ3) is 2.49. The number of nitrogen functional groups attached to an aromatic ring is 1. The fourth-order valence-corrected chi connectivity index (χ4v) is 3.45. The highest BCUT2D eigenvalue weighted by Gasteiger charge is 2.23. The number of fused-ring (bicyclic) bond motifs is 1. The lowest BCUT2D eigenvalue weighted by Crippen LogP contribution is -2.31. The third-order valence-corrected chi connectivity index (χ3v) is 4.44. The topological polar surface area (TPSA) is 68.0 Å². The van der Waals surface area contributed by atoms with Crippen LogP contribution in [0.1, 0.15) is 28.5 Å². The summed E-state index contributed by atoms with van der Waals surface area (Å²) in [5, 5.41) is 3.04. The summed E-state index contributed by atoms with van der Waals surface area (Å²) in [7, 11) is 0. The standard InChI is InChI=1S/C15H15N3OS/c16-11-5-3-8-17-14(11)15(19)18-12-7-9-20-13-6-2-1-4-10(12)13/h1-6,8,12H,7,9,16H2,(H,18,19). The Kier molecular flexibility index (Phi) is 3.60. The van der Waals surface area contributed by atoms with Crippen molar-refractivity contribution in [2.24, 2.45) is 0 Å². The second kappa shape index (κ2) is 5.54. The van der Waals surface area contributed by atoms with E-state index in [1.54, 1.807) is 18.3 Å². The molecule has 3 N–H and O–H groups in total. The maximum Gasteiger partial charge on any atom is 0.272 e. The highest BCUT2D eigenvalue weighted by Crippen LogP contribution is 2.35. The van der Waals surface area contributed by atoms with Crippen molar-refractivity contribution in [3.05, 3.63) is 53.9 Å². The Morgan fingerprint density at radius 3 is 3.00 bits per heavy atom. The second-order valence-electron chi connectivity index (χ2n) is 4.64. The number of carbonyl (C=O) groups is 1. The summed E-state index contributed by atoms with van der Waals surface area (Å²) >= 11 is 1.83. The van der Waals surface area contributed by atoms with Gasteiger partial charge in [-0.1, -0.05) is 18.2 Å². The number of amides is 1. The molecule has 1 aromatic carbocycles. The fourth-order valence-electron chi connectivity index (χ4n) is 2.33. The third-order valence-electron chi connectivity index (χ3n) is 3.32. The minimum Gasteiger partial charge on any atom is -0.397 e. The van der Waals surface area contributed by atoms with Crippen LogP contribution in [0.25, 0.3) is 0 Å². The van der Waals surface area contributed by atoms with E-state index in [4.69, 9.17) is 5.73 Å². The van der Waals surface area contributed by atoms with Crippen LogP contribution in [-0.2, 0) is 0 Å². The van der Waals surface area contributed by atoms with Crippen LogP contribution in [0.4, 0.5) is 5.69 Å². The van der Waals surface area contributed by atoms with E-state index in [0.717, 1.165) is 12.2 Å². The van der Waals surface area contributed by atoms with Crippen molar-refractivity contribution in [1.82, 2.24) is 10.3 Å². The molecule has 0 bridgehead atoms. The number of aromatic nitrogens is 1. The predicted octanol–water partition coefficient (Wildman–Crippen LogP) is 2.63. The van der Waals surface area contributed by atoms with E-state index < -0.39 is 0 Å². The van der Waals surface area contributed by atoms with Crippen molar-refractivity contribution in [2.45, 2.75) is 17.4 Å². The van der Waals surface area contributed by atoms with E-state index in [1.165, 1.54) is 10.5 Å². The van der Waals surface area contributed by atoms with Gasteiger partial charge in [-0.2, -0.15) is 0 Å². The van der Waals surface area contributed by atoms with E-state index in [9.17, 15) is 4.79 Å². The molecular weight excluding hydrogens is 270 g/mol. The van der Waals surface area contributed by atoms with E-state index in [2.05, 4.69) is 22.4 Å². The van der Waals surface area contributed by atoms with E-state index in [-0.39, 0.29) is 11.9 Å². The molecule has 0 saturated heterocycles. The van der Waals surface area contributed by atoms with Gasteiger partial charge >= 0.3 is 0 Å².